The molecule has 0 bridgehead atoms. The van der Waals surface area contributed by atoms with E-state index >= 15 is 0 Å². The van der Waals surface area contributed by atoms with Crippen molar-refractivity contribution in [2.24, 2.45) is 0 Å². The zero-order valence-electron chi connectivity index (χ0n) is 9.14. The molecule has 2 nitrogen and oxygen atoms in total. The number of halogens is 4. The van der Waals surface area contributed by atoms with Crippen LogP contribution in [0.2, 0.25) is 5.15 Å². The molecule has 7 heteroatoms. The van der Waals surface area contributed by atoms with Gasteiger partial charge in [0.05, 0.1) is 5.56 Å². The molecule has 0 aliphatic rings. The molecule has 0 saturated carbocycles. The van der Waals surface area contributed by atoms with Gasteiger partial charge in [-0.05, 0) is 30.6 Å². The van der Waals surface area contributed by atoms with Crippen LogP contribution in [0.15, 0.2) is 12.1 Å². The minimum atomic E-state index is -4.40. The third-order valence-corrected chi connectivity index (χ3v) is 2.84. The van der Waals surface area contributed by atoms with E-state index in [0.717, 1.165) is 24.3 Å². The van der Waals surface area contributed by atoms with Crippen LogP contribution in [0.5, 0.6) is 0 Å². The highest BCUT2D eigenvalue weighted by molar-refractivity contribution is 7.98. The van der Waals surface area contributed by atoms with Crippen LogP contribution in [0.3, 0.4) is 0 Å². The van der Waals surface area contributed by atoms with Crippen LogP contribution in [0.4, 0.5) is 19.0 Å². The van der Waals surface area contributed by atoms with Crippen LogP contribution in [0, 0.1) is 0 Å². The maximum absolute atomic E-state index is 12.5. The van der Waals surface area contributed by atoms with Gasteiger partial charge in [-0.25, -0.2) is 4.98 Å². The summed E-state index contributed by atoms with van der Waals surface area (Å²) >= 11 is 7.22. The van der Waals surface area contributed by atoms with Gasteiger partial charge in [0, 0.05) is 6.54 Å². The predicted octanol–water partition coefficient (Wildman–Crippen LogP) is 3.92. The van der Waals surface area contributed by atoms with Gasteiger partial charge in [0.1, 0.15) is 11.0 Å². The number of thioether (sulfide) groups is 1. The Morgan fingerprint density at radius 3 is 2.71 bits per heavy atom. The molecule has 0 saturated heterocycles. The maximum Gasteiger partial charge on any atom is 0.416 e. The molecule has 1 heterocycles. The number of nitrogens with zero attached hydrogens (tertiary/aromatic N) is 1. The number of pyridine rings is 1. The van der Waals surface area contributed by atoms with E-state index in [9.17, 15) is 13.2 Å². The van der Waals surface area contributed by atoms with Gasteiger partial charge in [0.25, 0.3) is 0 Å². The fraction of sp³-hybridized carbons (Fsp3) is 0.500. The lowest BCUT2D eigenvalue weighted by Gasteiger charge is -2.10. The van der Waals surface area contributed by atoms with Crippen molar-refractivity contribution >= 4 is 29.2 Å². The molecule has 0 aromatic carbocycles. The second-order valence-corrected chi connectivity index (χ2v) is 4.71. The quantitative estimate of drug-likeness (QED) is 0.655. The average Bonchev–Trinajstić information content (AvgIpc) is 2.22. The highest BCUT2D eigenvalue weighted by Gasteiger charge is 2.31. The fourth-order valence-corrected chi connectivity index (χ4v) is 1.83. The summed E-state index contributed by atoms with van der Waals surface area (Å²) in [7, 11) is 0. The van der Waals surface area contributed by atoms with Crippen molar-refractivity contribution in [3.05, 3.63) is 22.8 Å². The maximum atomic E-state index is 12.5. The monoisotopic (exact) mass is 284 g/mol. The standard InChI is InChI=1S/C10H12ClF3N2S/c1-17-4-2-3-15-9-6-7(10(12,13)14)5-8(11)16-9/h5-6H,2-4H2,1H3,(H,15,16). The summed E-state index contributed by atoms with van der Waals surface area (Å²) in [4.78, 5) is 3.79. The molecule has 0 radical (unpaired) electrons. The molecule has 1 rings (SSSR count). The molecule has 17 heavy (non-hydrogen) atoms. The SMILES string of the molecule is CSCCCNc1cc(C(F)(F)F)cc(Cl)n1. The third-order valence-electron chi connectivity index (χ3n) is 1.95. The summed E-state index contributed by atoms with van der Waals surface area (Å²) < 4.78 is 37.4. The van der Waals surface area contributed by atoms with Crippen molar-refractivity contribution < 1.29 is 13.2 Å². The van der Waals surface area contributed by atoms with Crippen molar-refractivity contribution in [3.63, 3.8) is 0 Å². The van der Waals surface area contributed by atoms with E-state index < -0.39 is 11.7 Å². The smallest absolute Gasteiger partial charge is 0.370 e. The minimum absolute atomic E-state index is 0.158. The number of hydrogen-bond acceptors (Lipinski definition) is 3. The average molecular weight is 285 g/mol. The van der Waals surface area contributed by atoms with Gasteiger partial charge < -0.3 is 5.32 Å². The number of alkyl halides is 3. The summed E-state index contributed by atoms with van der Waals surface area (Å²) in [5.74, 6) is 1.10. The molecule has 0 fully saturated rings. The van der Waals surface area contributed by atoms with Gasteiger partial charge in [-0.1, -0.05) is 11.6 Å². The largest absolute Gasteiger partial charge is 0.416 e. The molecule has 0 atom stereocenters. The molecule has 96 valence electrons. The Bertz CT molecular complexity index is 371. The Labute approximate surface area is 107 Å². The number of nitrogens with one attached hydrogen (secondary N) is 1. The summed E-state index contributed by atoms with van der Waals surface area (Å²) in [5.41, 5.74) is -0.787. The number of hydrogen-bond donors (Lipinski definition) is 1. The minimum Gasteiger partial charge on any atom is -0.370 e. The van der Waals surface area contributed by atoms with Gasteiger partial charge in [-0.15, -0.1) is 0 Å². The van der Waals surface area contributed by atoms with Gasteiger partial charge in [-0.3, -0.25) is 0 Å². The summed E-state index contributed by atoms with van der Waals surface area (Å²) in [5, 5.41) is 2.66. The molecule has 0 amide bonds. The van der Waals surface area contributed by atoms with Crippen LogP contribution in [0.25, 0.3) is 0 Å². The lowest BCUT2D eigenvalue weighted by atomic mass is 10.2. The molecular weight excluding hydrogens is 273 g/mol. The van der Waals surface area contributed by atoms with E-state index in [1.165, 1.54) is 0 Å². The van der Waals surface area contributed by atoms with Gasteiger partial charge in [0.15, 0.2) is 0 Å². The summed E-state index contributed by atoms with van der Waals surface area (Å²) in [6.07, 6.45) is -1.57. The number of rotatable bonds is 5. The first-order chi connectivity index (χ1) is 7.93. The molecule has 0 unspecified atom stereocenters. The second kappa shape index (κ2) is 6.35. The molecule has 1 N–H and O–H groups in total. The Morgan fingerprint density at radius 2 is 2.12 bits per heavy atom. The molecule has 0 aliphatic carbocycles. The Kier molecular flexibility index (Phi) is 5.39. The van der Waals surface area contributed by atoms with E-state index in [0.29, 0.717) is 6.54 Å². The molecule has 1 aromatic rings. The van der Waals surface area contributed by atoms with Crippen LogP contribution < -0.4 is 5.32 Å². The molecule has 0 spiro atoms. The highest BCUT2D eigenvalue weighted by atomic mass is 35.5. The van der Waals surface area contributed by atoms with Gasteiger partial charge >= 0.3 is 6.18 Å². The Hall–Kier alpha value is -0.620. The van der Waals surface area contributed by atoms with E-state index in [2.05, 4.69) is 10.3 Å². The first-order valence-corrected chi connectivity index (χ1v) is 6.68. The van der Waals surface area contributed by atoms with E-state index in [4.69, 9.17) is 11.6 Å². The van der Waals surface area contributed by atoms with Crippen LogP contribution in [0.1, 0.15) is 12.0 Å². The first kappa shape index (κ1) is 14.4. The van der Waals surface area contributed by atoms with Crippen molar-refractivity contribution in [1.29, 1.82) is 0 Å². The van der Waals surface area contributed by atoms with Crippen LogP contribution >= 0.6 is 23.4 Å². The van der Waals surface area contributed by atoms with Crippen molar-refractivity contribution in [2.75, 3.05) is 23.9 Å². The topological polar surface area (TPSA) is 24.9 Å². The number of aromatic nitrogens is 1. The molecule has 1 aromatic heterocycles. The van der Waals surface area contributed by atoms with Crippen molar-refractivity contribution in [1.82, 2.24) is 4.98 Å². The van der Waals surface area contributed by atoms with E-state index in [1.54, 1.807) is 11.8 Å². The fourth-order valence-electron chi connectivity index (χ4n) is 1.18. The van der Waals surface area contributed by atoms with Crippen LogP contribution in [-0.2, 0) is 6.18 Å². The zero-order valence-corrected chi connectivity index (χ0v) is 10.7. The van der Waals surface area contributed by atoms with Gasteiger partial charge in [-0.2, -0.15) is 24.9 Å². The Balaban J connectivity index is 2.69. The van der Waals surface area contributed by atoms with E-state index in [-0.39, 0.29) is 11.0 Å². The molecular formula is C10H12ClF3N2S. The van der Waals surface area contributed by atoms with Gasteiger partial charge in [0.2, 0.25) is 0 Å². The normalized spacial score (nSPS) is 11.6. The first-order valence-electron chi connectivity index (χ1n) is 4.91. The van der Waals surface area contributed by atoms with Crippen LogP contribution in [-0.4, -0.2) is 23.5 Å². The van der Waals surface area contributed by atoms with E-state index in [1.807, 2.05) is 6.26 Å². The summed E-state index contributed by atoms with van der Waals surface area (Å²) in [6.45, 7) is 0.575. The number of anilines is 1. The highest BCUT2D eigenvalue weighted by Crippen LogP contribution is 2.31. The summed E-state index contributed by atoms with van der Waals surface area (Å²) in [6, 6.07) is 1.78. The Morgan fingerprint density at radius 1 is 1.41 bits per heavy atom. The third kappa shape index (κ3) is 5.04. The second-order valence-electron chi connectivity index (χ2n) is 3.33. The van der Waals surface area contributed by atoms with Crippen molar-refractivity contribution in [2.45, 2.75) is 12.6 Å². The lowest BCUT2D eigenvalue weighted by Crippen LogP contribution is -2.09. The van der Waals surface area contributed by atoms with Crippen molar-refractivity contribution in [3.8, 4) is 0 Å². The lowest BCUT2D eigenvalue weighted by molar-refractivity contribution is -0.137. The predicted molar refractivity (Wildman–Crippen MR) is 65.7 cm³/mol. The molecule has 0 aliphatic heterocycles. The zero-order chi connectivity index (χ0) is 12.9.